The quantitative estimate of drug-likeness (QED) is 0.607. The minimum Gasteiger partial charge on any atom is -0.360 e. The number of rotatable bonds is 1. The highest BCUT2D eigenvalue weighted by Crippen LogP contribution is 2.25. The number of benzene rings is 1. The van der Waals surface area contributed by atoms with Crippen molar-refractivity contribution < 1.29 is 0 Å². The Morgan fingerprint density at radius 1 is 1.29 bits per heavy atom. The van der Waals surface area contributed by atoms with Crippen molar-refractivity contribution in [2.75, 3.05) is 18.0 Å². The van der Waals surface area contributed by atoms with E-state index in [0.717, 1.165) is 13.1 Å². The van der Waals surface area contributed by atoms with Gasteiger partial charge in [-0.1, -0.05) is 24.1 Å². The lowest BCUT2D eigenvalue weighted by Gasteiger charge is -2.22. The molecule has 0 aliphatic carbocycles. The Bertz CT molecular complexity index is 348. The van der Waals surface area contributed by atoms with Gasteiger partial charge in [-0.3, -0.25) is 0 Å². The fourth-order valence-electron chi connectivity index (χ4n) is 2.04. The zero-order valence-corrected chi connectivity index (χ0v) is 8.37. The summed E-state index contributed by atoms with van der Waals surface area (Å²) >= 11 is 0. The minimum absolute atomic E-state index is 0.733. The Balaban J connectivity index is 2.33. The Hall–Kier alpha value is -1.42. The van der Waals surface area contributed by atoms with E-state index in [1.807, 2.05) is 0 Å². The summed E-state index contributed by atoms with van der Waals surface area (Å²) in [6.45, 7) is 1.83. The average Bonchev–Trinajstić information content (AvgIpc) is 2.42. The van der Waals surface area contributed by atoms with E-state index >= 15 is 0 Å². The van der Waals surface area contributed by atoms with E-state index in [1.54, 1.807) is 0 Å². The number of para-hydroxylation sites is 1. The predicted molar refractivity (Wildman–Crippen MR) is 60.4 cm³/mol. The summed E-state index contributed by atoms with van der Waals surface area (Å²) in [7, 11) is 0. The number of hydrogen-bond donors (Lipinski definition) is 0. The minimum atomic E-state index is 0.733. The van der Waals surface area contributed by atoms with Crippen molar-refractivity contribution in [3.63, 3.8) is 0 Å². The van der Waals surface area contributed by atoms with Crippen LogP contribution < -0.4 is 4.90 Å². The van der Waals surface area contributed by atoms with Gasteiger partial charge in [-0.05, 0) is 30.9 Å². The van der Waals surface area contributed by atoms with Gasteiger partial charge >= 0.3 is 0 Å². The molecule has 0 saturated carbocycles. The molecule has 1 heterocycles. The number of fused-ring (bicyclic) bond motifs is 1. The van der Waals surface area contributed by atoms with Gasteiger partial charge in [0.05, 0.1) is 6.54 Å². The SMILES string of the molecule is C#CCN1CCCCc2ccccc21. The van der Waals surface area contributed by atoms with Crippen molar-refractivity contribution >= 4 is 5.69 Å². The second-order valence-corrected chi connectivity index (χ2v) is 3.71. The molecule has 1 nitrogen and oxygen atoms in total. The van der Waals surface area contributed by atoms with Gasteiger partial charge in [0.15, 0.2) is 0 Å². The molecule has 0 amide bonds. The topological polar surface area (TPSA) is 3.24 Å². The Morgan fingerprint density at radius 3 is 3.00 bits per heavy atom. The molecule has 1 aromatic carbocycles. The van der Waals surface area contributed by atoms with Gasteiger partial charge in [0, 0.05) is 12.2 Å². The molecule has 0 atom stereocenters. The highest BCUT2D eigenvalue weighted by atomic mass is 15.1. The maximum Gasteiger partial charge on any atom is 0.0791 e. The smallest absolute Gasteiger partial charge is 0.0791 e. The maximum absolute atomic E-state index is 5.38. The third-order valence-electron chi connectivity index (χ3n) is 2.74. The van der Waals surface area contributed by atoms with Crippen LogP contribution in [0.4, 0.5) is 5.69 Å². The van der Waals surface area contributed by atoms with E-state index in [-0.39, 0.29) is 0 Å². The van der Waals surface area contributed by atoms with Crippen LogP contribution in [0, 0.1) is 12.3 Å². The van der Waals surface area contributed by atoms with Crippen LogP contribution in [0.2, 0.25) is 0 Å². The lowest BCUT2D eigenvalue weighted by molar-refractivity contribution is 0.739. The molecule has 0 spiro atoms. The standard InChI is InChI=1S/C13H15N/c1-2-10-14-11-6-5-8-12-7-3-4-9-13(12)14/h1,3-4,7,9H,5-6,8,10-11H2. The summed E-state index contributed by atoms with van der Waals surface area (Å²) in [4.78, 5) is 2.31. The molecule has 14 heavy (non-hydrogen) atoms. The zero-order chi connectivity index (χ0) is 9.80. The number of anilines is 1. The van der Waals surface area contributed by atoms with E-state index < -0.39 is 0 Å². The van der Waals surface area contributed by atoms with Crippen molar-refractivity contribution in [3.05, 3.63) is 29.8 Å². The van der Waals surface area contributed by atoms with Crippen LogP contribution in [0.5, 0.6) is 0 Å². The van der Waals surface area contributed by atoms with Crippen molar-refractivity contribution in [2.45, 2.75) is 19.3 Å². The zero-order valence-electron chi connectivity index (χ0n) is 8.37. The average molecular weight is 185 g/mol. The van der Waals surface area contributed by atoms with E-state index in [1.165, 1.54) is 30.5 Å². The number of aryl methyl sites for hydroxylation is 1. The van der Waals surface area contributed by atoms with Gasteiger partial charge in [-0.25, -0.2) is 0 Å². The van der Waals surface area contributed by atoms with Gasteiger partial charge in [0.2, 0.25) is 0 Å². The van der Waals surface area contributed by atoms with E-state index in [0.29, 0.717) is 0 Å². The molecular weight excluding hydrogens is 170 g/mol. The third kappa shape index (κ3) is 1.75. The van der Waals surface area contributed by atoms with Crippen molar-refractivity contribution in [3.8, 4) is 12.3 Å². The fourth-order valence-corrected chi connectivity index (χ4v) is 2.04. The number of terminal acetylenes is 1. The van der Waals surface area contributed by atoms with E-state index in [4.69, 9.17) is 6.42 Å². The van der Waals surface area contributed by atoms with Crippen LogP contribution in [0.3, 0.4) is 0 Å². The summed E-state index contributed by atoms with van der Waals surface area (Å²) in [5.74, 6) is 2.73. The largest absolute Gasteiger partial charge is 0.360 e. The molecule has 72 valence electrons. The lowest BCUT2D eigenvalue weighted by Crippen LogP contribution is -2.24. The Kier molecular flexibility index (Phi) is 2.74. The van der Waals surface area contributed by atoms with Crippen LogP contribution in [0.1, 0.15) is 18.4 Å². The first kappa shape index (κ1) is 9.15. The molecule has 1 aliphatic rings. The molecule has 0 fully saturated rings. The summed E-state index contributed by atoms with van der Waals surface area (Å²) in [5.41, 5.74) is 2.78. The highest BCUT2D eigenvalue weighted by Gasteiger charge is 2.12. The van der Waals surface area contributed by atoms with E-state index in [9.17, 15) is 0 Å². The first-order valence-corrected chi connectivity index (χ1v) is 5.18. The van der Waals surface area contributed by atoms with Gasteiger partial charge < -0.3 is 4.90 Å². The molecule has 0 radical (unpaired) electrons. The maximum atomic E-state index is 5.38. The number of hydrogen-bond acceptors (Lipinski definition) is 1. The molecule has 0 aromatic heterocycles. The van der Waals surface area contributed by atoms with Crippen molar-refractivity contribution in [2.24, 2.45) is 0 Å². The van der Waals surface area contributed by atoms with Crippen LogP contribution in [0.25, 0.3) is 0 Å². The van der Waals surface area contributed by atoms with Gasteiger partial charge in [-0.2, -0.15) is 0 Å². The molecule has 1 heteroatoms. The summed E-state index contributed by atoms with van der Waals surface area (Å²) in [5, 5.41) is 0. The Labute approximate surface area is 85.7 Å². The highest BCUT2D eigenvalue weighted by molar-refractivity contribution is 5.55. The summed E-state index contributed by atoms with van der Waals surface area (Å²) in [6.07, 6.45) is 9.09. The molecule has 0 bridgehead atoms. The van der Waals surface area contributed by atoms with Crippen LogP contribution in [-0.4, -0.2) is 13.1 Å². The van der Waals surface area contributed by atoms with Crippen LogP contribution in [0.15, 0.2) is 24.3 Å². The Morgan fingerprint density at radius 2 is 2.14 bits per heavy atom. The van der Waals surface area contributed by atoms with Gasteiger partial charge in [-0.15, -0.1) is 6.42 Å². The lowest BCUT2D eigenvalue weighted by atomic mass is 10.1. The third-order valence-corrected chi connectivity index (χ3v) is 2.74. The molecule has 2 rings (SSSR count). The molecule has 0 saturated heterocycles. The first-order valence-electron chi connectivity index (χ1n) is 5.18. The van der Waals surface area contributed by atoms with Crippen LogP contribution in [-0.2, 0) is 6.42 Å². The van der Waals surface area contributed by atoms with Crippen molar-refractivity contribution in [1.82, 2.24) is 0 Å². The molecule has 1 aliphatic heterocycles. The second kappa shape index (κ2) is 4.19. The second-order valence-electron chi connectivity index (χ2n) is 3.71. The van der Waals surface area contributed by atoms with Crippen molar-refractivity contribution in [1.29, 1.82) is 0 Å². The molecule has 0 N–H and O–H groups in total. The first-order chi connectivity index (χ1) is 6.92. The normalized spacial score (nSPS) is 15.5. The van der Waals surface area contributed by atoms with Gasteiger partial charge in [0.1, 0.15) is 0 Å². The predicted octanol–water partition coefficient (Wildman–Crippen LogP) is 2.46. The van der Waals surface area contributed by atoms with E-state index in [2.05, 4.69) is 35.1 Å². The van der Waals surface area contributed by atoms with Crippen LogP contribution >= 0.6 is 0 Å². The number of nitrogens with zero attached hydrogens (tertiary/aromatic N) is 1. The molecule has 1 aromatic rings. The molecule has 0 unspecified atom stereocenters. The fraction of sp³-hybridized carbons (Fsp3) is 0.385. The monoisotopic (exact) mass is 185 g/mol. The molecular formula is C13H15N. The summed E-state index contributed by atoms with van der Waals surface area (Å²) in [6, 6.07) is 8.59. The summed E-state index contributed by atoms with van der Waals surface area (Å²) < 4.78 is 0. The van der Waals surface area contributed by atoms with Gasteiger partial charge in [0.25, 0.3) is 0 Å².